The van der Waals surface area contributed by atoms with E-state index in [-0.39, 0.29) is 23.4 Å². The van der Waals surface area contributed by atoms with Crippen LogP contribution in [-0.4, -0.2) is 32.8 Å². The standard InChI is InChI=1S/C29H34N2O7/c1-6-19(4)37-22-10-11-23-20(15-22)14-21(31(23)5)13-18(3)27(33)26-24(32)16-25(38-28(26)34)17(2)9-7-8-12-30-29(35)36/h8,10-17,19,30,32H,6-7,9H2,1-5H3,(H,35,36)/b12-8+,18-13?. The Kier molecular flexibility index (Phi) is 9.17. The largest absolute Gasteiger partial charge is 0.507 e. The predicted octanol–water partition coefficient (Wildman–Crippen LogP) is 5.97. The molecule has 2 atom stereocenters. The lowest BCUT2D eigenvalue weighted by atomic mass is 9.99. The fraction of sp³-hybridized carbons (Fsp3) is 0.345. The van der Waals surface area contributed by atoms with Gasteiger partial charge in [0.25, 0.3) is 0 Å². The number of nitrogens with zero attached hydrogens (tertiary/aromatic N) is 1. The van der Waals surface area contributed by atoms with Crippen LogP contribution < -0.4 is 15.7 Å². The van der Waals surface area contributed by atoms with E-state index in [0.29, 0.717) is 12.8 Å². The van der Waals surface area contributed by atoms with Gasteiger partial charge in [0.05, 0.1) is 6.10 Å². The number of allylic oxidation sites excluding steroid dienone is 2. The quantitative estimate of drug-likeness (QED) is 0.209. The van der Waals surface area contributed by atoms with Crippen LogP contribution in [0.3, 0.4) is 0 Å². The smallest absolute Gasteiger partial charge is 0.408 e. The second-order valence-electron chi connectivity index (χ2n) is 9.37. The van der Waals surface area contributed by atoms with Crippen LogP contribution in [0.15, 0.2) is 57.4 Å². The summed E-state index contributed by atoms with van der Waals surface area (Å²) < 4.78 is 13.2. The van der Waals surface area contributed by atoms with Gasteiger partial charge in [0, 0.05) is 41.8 Å². The molecule has 0 radical (unpaired) electrons. The third-order valence-corrected chi connectivity index (χ3v) is 6.44. The van der Waals surface area contributed by atoms with Gasteiger partial charge in [-0.1, -0.05) is 19.9 Å². The van der Waals surface area contributed by atoms with E-state index in [4.69, 9.17) is 14.3 Å². The Bertz CT molecular complexity index is 1450. The number of rotatable bonds is 11. The normalized spacial score (nSPS) is 13.6. The maximum atomic E-state index is 13.1. The summed E-state index contributed by atoms with van der Waals surface area (Å²) in [6.07, 6.45) is 5.52. The first kappa shape index (κ1) is 28.3. The van der Waals surface area contributed by atoms with E-state index >= 15 is 0 Å². The number of amides is 1. The van der Waals surface area contributed by atoms with E-state index in [2.05, 4.69) is 12.2 Å². The highest BCUT2D eigenvalue weighted by Crippen LogP contribution is 2.28. The molecular weight excluding hydrogens is 488 g/mol. The van der Waals surface area contributed by atoms with Gasteiger partial charge < -0.3 is 23.9 Å². The molecule has 3 rings (SSSR count). The fourth-order valence-electron chi connectivity index (χ4n) is 4.01. The van der Waals surface area contributed by atoms with Gasteiger partial charge >= 0.3 is 11.7 Å². The van der Waals surface area contributed by atoms with Crippen molar-refractivity contribution in [1.82, 2.24) is 9.88 Å². The zero-order chi connectivity index (χ0) is 28.0. The van der Waals surface area contributed by atoms with Gasteiger partial charge in [0.1, 0.15) is 22.8 Å². The molecule has 2 heterocycles. The zero-order valence-corrected chi connectivity index (χ0v) is 22.3. The molecule has 0 aliphatic carbocycles. The monoisotopic (exact) mass is 522 g/mol. The number of aromatic hydroxyl groups is 1. The molecule has 0 aliphatic rings. The molecule has 0 saturated heterocycles. The van der Waals surface area contributed by atoms with E-state index in [9.17, 15) is 19.5 Å². The number of fused-ring (bicyclic) bond motifs is 1. The Morgan fingerprint density at radius 3 is 2.61 bits per heavy atom. The highest BCUT2D eigenvalue weighted by atomic mass is 16.5. The van der Waals surface area contributed by atoms with E-state index < -0.39 is 28.8 Å². The number of Topliss-reactive ketones (excluding diaryl/α,β-unsaturated/α-hetero) is 1. The lowest BCUT2D eigenvalue weighted by Crippen LogP contribution is -2.16. The topological polar surface area (TPSA) is 131 Å². The van der Waals surface area contributed by atoms with E-state index in [1.165, 1.54) is 12.3 Å². The molecule has 0 aliphatic heterocycles. The molecule has 0 bridgehead atoms. The summed E-state index contributed by atoms with van der Waals surface area (Å²) in [7, 11) is 1.88. The Balaban J connectivity index is 1.80. The zero-order valence-electron chi connectivity index (χ0n) is 22.3. The third-order valence-electron chi connectivity index (χ3n) is 6.44. The van der Waals surface area contributed by atoms with E-state index in [1.807, 2.05) is 49.7 Å². The van der Waals surface area contributed by atoms with Gasteiger partial charge in [-0.2, -0.15) is 0 Å². The van der Waals surface area contributed by atoms with Crippen molar-refractivity contribution >= 4 is 28.9 Å². The molecule has 3 N–H and O–H groups in total. The van der Waals surface area contributed by atoms with E-state index in [1.54, 1.807) is 19.1 Å². The maximum Gasteiger partial charge on any atom is 0.408 e. The van der Waals surface area contributed by atoms with Crippen LogP contribution in [0.1, 0.15) is 74.7 Å². The Morgan fingerprint density at radius 1 is 1.21 bits per heavy atom. The predicted molar refractivity (Wildman–Crippen MR) is 146 cm³/mol. The lowest BCUT2D eigenvalue weighted by molar-refractivity contribution is 0.102. The van der Waals surface area contributed by atoms with Crippen LogP contribution in [0.2, 0.25) is 0 Å². The third kappa shape index (κ3) is 6.73. The molecule has 0 fully saturated rings. The van der Waals surface area contributed by atoms with Crippen molar-refractivity contribution in [3.63, 3.8) is 0 Å². The fourth-order valence-corrected chi connectivity index (χ4v) is 4.01. The minimum atomic E-state index is -1.16. The van der Waals surface area contributed by atoms with Crippen molar-refractivity contribution in [3.8, 4) is 11.5 Å². The van der Waals surface area contributed by atoms with Gasteiger partial charge in [-0.25, -0.2) is 9.59 Å². The number of carbonyl (C=O) groups is 2. The summed E-state index contributed by atoms with van der Waals surface area (Å²) in [5, 5.41) is 22.2. The first-order chi connectivity index (χ1) is 18.0. The molecule has 0 saturated carbocycles. The van der Waals surface area contributed by atoms with Crippen LogP contribution in [0.4, 0.5) is 4.79 Å². The summed E-state index contributed by atoms with van der Waals surface area (Å²) in [6, 6.07) is 9.05. The number of nitrogens with one attached hydrogen (secondary N) is 1. The average molecular weight is 523 g/mol. The van der Waals surface area contributed by atoms with Crippen LogP contribution in [-0.2, 0) is 7.05 Å². The molecule has 2 unspecified atom stereocenters. The Labute approximate surface area is 221 Å². The minimum Gasteiger partial charge on any atom is -0.507 e. The number of hydrogen-bond donors (Lipinski definition) is 3. The molecule has 2 aromatic heterocycles. The van der Waals surface area contributed by atoms with Crippen molar-refractivity contribution in [2.24, 2.45) is 7.05 Å². The highest BCUT2D eigenvalue weighted by Gasteiger charge is 2.22. The Hall–Kier alpha value is -4.27. The molecule has 202 valence electrons. The lowest BCUT2D eigenvalue weighted by Gasteiger charge is -2.12. The molecule has 1 amide bonds. The molecule has 38 heavy (non-hydrogen) atoms. The maximum absolute atomic E-state index is 13.1. The van der Waals surface area contributed by atoms with Crippen molar-refractivity contribution in [1.29, 1.82) is 0 Å². The second-order valence-corrected chi connectivity index (χ2v) is 9.37. The summed E-state index contributed by atoms with van der Waals surface area (Å²) in [4.78, 5) is 36.3. The van der Waals surface area contributed by atoms with Crippen molar-refractivity contribution < 1.29 is 29.0 Å². The molecular formula is C29H34N2O7. The summed E-state index contributed by atoms with van der Waals surface area (Å²) in [6.45, 7) is 7.47. The van der Waals surface area contributed by atoms with Gasteiger partial charge in [0.15, 0.2) is 5.78 Å². The number of ether oxygens (including phenoxy) is 1. The number of benzene rings is 1. The molecule has 1 aromatic carbocycles. The number of aromatic nitrogens is 1. The number of carbonyl (C=O) groups excluding carboxylic acids is 1. The number of hydrogen-bond acceptors (Lipinski definition) is 6. The van der Waals surface area contributed by atoms with Gasteiger partial charge in [-0.15, -0.1) is 0 Å². The number of carboxylic acid groups (broad SMARTS) is 1. The minimum absolute atomic E-state index is 0.0992. The number of ketones is 1. The van der Waals surface area contributed by atoms with E-state index in [0.717, 1.165) is 28.8 Å². The van der Waals surface area contributed by atoms with Gasteiger partial charge in [0.2, 0.25) is 0 Å². The van der Waals surface area contributed by atoms with Crippen LogP contribution >= 0.6 is 0 Å². The van der Waals surface area contributed by atoms with Crippen LogP contribution in [0.5, 0.6) is 11.5 Å². The molecule has 9 nitrogen and oxygen atoms in total. The molecule has 0 spiro atoms. The Morgan fingerprint density at radius 2 is 1.95 bits per heavy atom. The number of aryl methyl sites for hydroxylation is 1. The first-order valence-corrected chi connectivity index (χ1v) is 12.5. The van der Waals surface area contributed by atoms with Crippen LogP contribution in [0.25, 0.3) is 17.0 Å². The molecule has 9 heteroatoms. The SMILES string of the molecule is CCC(C)Oc1ccc2c(c1)cc(C=C(C)C(=O)c1c(O)cc(C(C)CC/C=C/NC(=O)O)oc1=O)n2C. The van der Waals surface area contributed by atoms with Crippen molar-refractivity contribution in [2.75, 3.05) is 0 Å². The highest BCUT2D eigenvalue weighted by molar-refractivity contribution is 6.12. The second kappa shape index (κ2) is 12.3. The average Bonchev–Trinajstić information content (AvgIpc) is 3.16. The molecule has 3 aromatic rings. The summed E-state index contributed by atoms with van der Waals surface area (Å²) in [5.41, 5.74) is 0.666. The van der Waals surface area contributed by atoms with Gasteiger partial charge in [-0.3, -0.25) is 10.1 Å². The summed E-state index contributed by atoms with van der Waals surface area (Å²) >= 11 is 0. The summed E-state index contributed by atoms with van der Waals surface area (Å²) in [5.74, 6) is -0.286. The van der Waals surface area contributed by atoms with Crippen molar-refractivity contribution in [3.05, 3.63) is 75.6 Å². The van der Waals surface area contributed by atoms with Crippen LogP contribution in [0, 0.1) is 0 Å². The van der Waals surface area contributed by atoms with Gasteiger partial charge in [-0.05, 0) is 69.0 Å². The first-order valence-electron chi connectivity index (χ1n) is 12.5. The van der Waals surface area contributed by atoms with Crippen molar-refractivity contribution in [2.45, 2.75) is 59.0 Å².